The molecule has 1 amide bonds. The first-order valence-corrected chi connectivity index (χ1v) is 7.02. The maximum absolute atomic E-state index is 12.7. The van der Waals surface area contributed by atoms with Crippen LogP contribution in [0.4, 0.5) is 13.2 Å². The molecule has 0 aliphatic carbocycles. The molecule has 0 spiro atoms. The summed E-state index contributed by atoms with van der Waals surface area (Å²) in [4.78, 5) is 26.0. The molecule has 128 valence electrons. The first-order chi connectivity index (χ1) is 11.2. The van der Waals surface area contributed by atoms with E-state index in [9.17, 15) is 27.9 Å². The number of aliphatic hydroxyl groups excluding tert-OH is 1. The lowest BCUT2D eigenvalue weighted by Crippen LogP contribution is -2.32. The molecule has 1 aromatic heterocycles. The van der Waals surface area contributed by atoms with E-state index in [4.69, 9.17) is 0 Å². The Balaban J connectivity index is 2.06. The van der Waals surface area contributed by atoms with Crippen LogP contribution in [-0.4, -0.2) is 22.5 Å². The third kappa shape index (κ3) is 4.23. The third-order valence-corrected chi connectivity index (χ3v) is 3.35. The van der Waals surface area contributed by atoms with Gasteiger partial charge >= 0.3 is 6.18 Å². The number of aromatic amines is 1. The van der Waals surface area contributed by atoms with Crippen molar-refractivity contribution in [2.75, 3.05) is 6.54 Å². The molecule has 24 heavy (non-hydrogen) atoms. The topological polar surface area (TPSA) is 82.2 Å². The Morgan fingerprint density at radius 2 is 2.00 bits per heavy atom. The van der Waals surface area contributed by atoms with Gasteiger partial charge in [0.05, 0.1) is 11.7 Å². The van der Waals surface area contributed by atoms with Gasteiger partial charge in [0.2, 0.25) is 0 Å². The number of benzene rings is 1. The van der Waals surface area contributed by atoms with Crippen molar-refractivity contribution in [1.29, 1.82) is 0 Å². The molecule has 8 heteroatoms. The largest absolute Gasteiger partial charge is 0.416 e. The molecule has 0 saturated heterocycles. The maximum atomic E-state index is 12.7. The first-order valence-electron chi connectivity index (χ1n) is 7.02. The number of carbonyl (C=O) groups is 1. The summed E-state index contributed by atoms with van der Waals surface area (Å²) in [6, 6.07) is 7.08. The predicted molar refractivity (Wildman–Crippen MR) is 80.5 cm³/mol. The molecule has 5 nitrogen and oxygen atoms in total. The van der Waals surface area contributed by atoms with Crippen molar-refractivity contribution in [1.82, 2.24) is 10.3 Å². The molecule has 1 unspecified atom stereocenters. The van der Waals surface area contributed by atoms with E-state index in [0.29, 0.717) is 5.69 Å². The Labute approximate surface area is 135 Å². The number of carbonyl (C=O) groups excluding carboxylic acids is 1. The van der Waals surface area contributed by atoms with E-state index in [1.807, 2.05) is 0 Å². The number of hydrogen-bond donors (Lipinski definition) is 3. The van der Waals surface area contributed by atoms with E-state index in [1.54, 1.807) is 13.0 Å². The van der Waals surface area contributed by atoms with Gasteiger partial charge in [-0.1, -0.05) is 12.1 Å². The van der Waals surface area contributed by atoms with Crippen molar-refractivity contribution in [3.63, 3.8) is 0 Å². The number of rotatable bonds is 4. The highest BCUT2D eigenvalue weighted by Crippen LogP contribution is 2.30. The Kier molecular flexibility index (Phi) is 5.08. The fourth-order valence-electron chi connectivity index (χ4n) is 2.08. The summed E-state index contributed by atoms with van der Waals surface area (Å²) in [7, 11) is 0. The van der Waals surface area contributed by atoms with Crippen LogP contribution in [0.1, 0.15) is 33.3 Å². The van der Waals surface area contributed by atoms with Crippen LogP contribution < -0.4 is 10.9 Å². The normalized spacial score (nSPS) is 12.7. The molecule has 1 atom stereocenters. The summed E-state index contributed by atoms with van der Waals surface area (Å²) >= 11 is 0. The SMILES string of the molecule is Cc1ccc(C(=O)NCC(O)c2cccc(C(F)(F)F)c2)c(=O)[nH]1. The van der Waals surface area contributed by atoms with Gasteiger partial charge in [0, 0.05) is 12.2 Å². The van der Waals surface area contributed by atoms with Gasteiger partial charge in [-0.05, 0) is 36.8 Å². The predicted octanol–water partition coefficient (Wildman–Crippen LogP) is 2.17. The van der Waals surface area contributed by atoms with Crippen LogP contribution in [0.3, 0.4) is 0 Å². The zero-order valence-corrected chi connectivity index (χ0v) is 12.6. The molecular weight excluding hydrogens is 325 g/mol. The van der Waals surface area contributed by atoms with Gasteiger partial charge < -0.3 is 15.4 Å². The lowest BCUT2D eigenvalue weighted by molar-refractivity contribution is -0.137. The second kappa shape index (κ2) is 6.88. The molecule has 0 saturated carbocycles. The quantitative estimate of drug-likeness (QED) is 0.798. The van der Waals surface area contributed by atoms with E-state index >= 15 is 0 Å². The minimum absolute atomic E-state index is 0.0166. The number of H-pyrrole nitrogens is 1. The summed E-state index contributed by atoms with van der Waals surface area (Å²) in [5, 5.41) is 12.3. The van der Waals surface area contributed by atoms with Gasteiger partial charge in [-0.3, -0.25) is 9.59 Å². The van der Waals surface area contributed by atoms with Crippen molar-refractivity contribution >= 4 is 5.91 Å². The summed E-state index contributed by atoms with van der Waals surface area (Å²) in [5.74, 6) is -0.720. The molecule has 0 aliphatic rings. The molecule has 3 N–H and O–H groups in total. The van der Waals surface area contributed by atoms with E-state index < -0.39 is 29.3 Å². The number of pyridine rings is 1. The fourth-order valence-corrected chi connectivity index (χ4v) is 2.08. The molecule has 1 heterocycles. The highest BCUT2D eigenvalue weighted by molar-refractivity contribution is 5.93. The standard InChI is InChI=1S/C16H15F3N2O3/c1-9-5-6-12(15(24)21-9)14(23)20-8-13(22)10-3-2-4-11(7-10)16(17,18)19/h2-7,13,22H,8H2,1H3,(H,20,23)(H,21,24). The second-order valence-corrected chi connectivity index (χ2v) is 5.23. The van der Waals surface area contributed by atoms with Crippen molar-refractivity contribution in [2.45, 2.75) is 19.2 Å². The van der Waals surface area contributed by atoms with E-state index in [0.717, 1.165) is 12.1 Å². The van der Waals surface area contributed by atoms with Crippen molar-refractivity contribution in [2.24, 2.45) is 0 Å². The zero-order chi connectivity index (χ0) is 17.9. The second-order valence-electron chi connectivity index (χ2n) is 5.23. The van der Waals surface area contributed by atoms with E-state index in [-0.39, 0.29) is 17.7 Å². The number of amides is 1. The lowest BCUT2D eigenvalue weighted by Gasteiger charge is -2.14. The van der Waals surface area contributed by atoms with Crippen LogP contribution in [0, 0.1) is 6.92 Å². The molecule has 0 fully saturated rings. The van der Waals surface area contributed by atoms with Crippen LogP contribution in [0.25, 0.3) is 0 Å². The fraction of sp³-hybridized carbons (Fsp3) is 0.250. The van der Waals surface area contributed by atoms with E-state index in [1.165, 1.54) is 18.2 Å². The monoisotopic (exact) mass is 340 g/mol. The van der Waals surface area contributed by atoms with Gasteiger partial charge in [0.1, 0.15) is 5.56 Å². The van der Waals surface area contributed by atoms with Gasteiger partial charge in [-0.2, -0.15) is 13.2 Å². The molecule has 2 rings (SSSR count). The third-order valence-electron chi connectivity index (χ3n) is 3.35. The molecule has 0 aliphatic heterocycles. The summed E-state index contributed by atoms with van der Waals surface area (Å²) < 4.78 is 38.0. The number of aryl methyl sites for hydroxylation is 1. The maximum Gasteiger partial charge on any atom is 0.416 e. The minimum atomic E-state index is -4.52. The number of alkyl halides is 3. The summed E-state index contributed by atoms with van der Waals surface area (Å²) in [6.07, 6.45) is -5.85. The molecule has 1 aromatic carbocycles. The van der Waals surface area contributed by atoms with Crippen LogP contribution in [0.5, 0.6) is 0 Å². The van der Waals surface area contributed by atoms with Crippen LogP contribution in [0.15, 0.2) is 41.2 Å². The number of aliphatic hydroxyl groups is 1. The number of nitrogens with one attached hydrogen (secondary N) is 2. The van der Waals surface area contributed by atoms with Gasteiger partial charge in [0.25, 0.3) is 11.5 Å². The highest BCUT2D eigenvalue weighted by atomic mass is 19.4. The van der Waals surface area contributed by atoms with Crippen LogP contribution >= 0.6 is 0 Å². The highest BCUT2D eigenvalue weighted by Gasteiger charge is 2.30. The van der Waals surface area contributed by atoms with Crippen LogP contribution in [-0.2, 0) is 6.18 Å². The number of aromatic nitrogens is 1. The Morgan fingerprint density at radius 3 is 2.62 bits per heavy atom. The molecule has 0 radical (unpaired) electrons. The van der Waals surface area contributed by atoms with Gasteiger partial charge in [-0.25, -0.2) is 0 Å². The smallest absolute Gasteiger partial charge is 0.387 e. The first kappa shape index (κ1) is 17.7. The Morgan fingerprint density at radius 1 is 1.29 bits per heavy atom. The van der Waals surface area contributed by atoms with E-state index in [2.05, 4.69) is 10.3 Å². The van der Waals surface area contributed by atoms with Crippen molar-refractivity contribution in [3.8, 4) is 0 Å². The molecule has 0 bridgehead atoms. The lowest BCUT2D eigenvalue weighted by atomic mass is 10.1. The summed E-state index contributed by atoms with van der Waals surface area (Å²) in [6.45, 7) is 1.33. The minimum Gasteiger partial charge on any atom is -0.387 e. The summed E-state index contributed by atoms with van der Waals surface area (Å²) in [5.41, 5.74) is -1.01. The average Bonchev–Trinajstić information content (AvgIpc) is 2.51. The number of hydrogen-bond acceptors (Lipinski definition) is 3. The number of halogens is 3. The average molecular weight is 340 g/mol. The van der Waals surface area contributed by atoms with Crippen LogP contribution in [0.2, 0.25) is 0 Å². The molecular formula is C16H15F3N2O3. The van der Waals surface area contributed by atoms with Crippen molar-refractivity contribution in [3.05, 3.63) is 69.1 Å². The zero-order valence-electron chi connectivity index (χ0n) is 12.6. The Bertz CT molecular complexity index is 800. The van der Waals surface area contributed by atoms with Crippen molar-refractivity contribution < 1.29 is 23.1 Å². The molecule has 2 aromatic rings. The van der Waals surface area contributed by atoms with Gasteiger partial charge in [0.15, 0.2) is 0 Å². The Hall–Kier alpha value is -2.61. The van der Waals surface area contributed by atoms with Gasteiger partial charge in [-0.15, -0.1) is 0 Å².